The number of amides is 2. The fourth-order valence-electron chi connectivity index (χ4n) is 2.94. The fraction of sp³-hybridized carbons (Fsp3) is 0.222. The van der Waals surface area contributed by atoms with Crippen molar-refractivity contribution < 1.29 is 4.79 Å². The molecule has 6 heteroatoms. The van der Waals surface area contributed by atoms with Gasteiger partial charge in [0.15, 0.2) is 4.34 Å². The number of nitrogens with one attached hydrogen (secondary N) is 1. The van der Waals surface area contributed by atoms with Gasteiger partial charge in [0.25, 0.3) is 0 Å². The Morgan fingerprint density at radius 2 is 2.08 bits per heavy atom. The van der Waals surface area contributed by atoms with Crippen LogP contribution < -0.4 is 5.32 Å². The average molecular weight is 355 g/mol. The van der Waals surface area contributed by atoms with Crippen molar-refractivity contribution in [2.75, 3.05) is 18.1 Å². The van der Waals surface area contributed by atoms with Crippen LogP contribution in [0.2, 0.25) is 0 Å². The van der Waals surface area contributed by atoms with Crippen LogP contribution in [0.3, 0.4) is 0 Å². The van der Waals surface area contributed by atoms with E-state index in [4.69, 9.17) is 0 Å². The van der Waals surface area contributed by atoms with Gasteiger partial charge in [-0.2, -0.15) is 0 Å². The maximum absolute atomic E-state index is 12.6. The van der Waals surface area contributed by atoms with Crippen LogP contribution in [0.15, 0.2) is 46.8 Å². The average Bonchev–Trinajstić information content (AvgIpc) is 3.03. The van der Waals surface area contributed by atoms with Gasteiger partial charge in [-0.3, -0.25) is 0 Å². The Balaban J connectivity index is 1.50. The minimum Gasteiger partial charge on any atom is -0.320 e. The van der Waals surface area contributed by atoms with Crippen LogP contribution in [0.5, 0.6) is 0 Å². The number of hydrogen-bond donors (Lipinski definition) is 1. The fourth-order valence-corrected chi connectivity index (χ4v) is 4.47. The number of anilines is 1. The zero-order chi connectivity index (χ0) is 16.5. The van der Waals surface area contributed by atoms with E-state index in [1.165, 1.54) is 11.1 Å². The highest BCUT2D eigenvalue weighted by Gasteiger charge is 2.20. The van der Waals surface area contributed by atoms with E-state index >= 15 is 0 Å². The summed E-state index contributed by atoms with van der Waals surface area (Å²) in [5, 5.41) is 3.02. The van der Waals surface area contributed by atoms with Gasteiger partial charge in [-0.25, -0.2) is 9.78 Å². The number of carbonyl (C=O) groups is 1. The van der Waals surface area contributed by atoms with Crippen LogP contribution in [0.4, 0.5) is 10.5 Å². The Morgan fingerprint density at radius 1 is 1.25 bits per heavy atom. The number of carbonyl (C=O) groups excluding carboxylic acids is 1. The zero-order valence-corrected chi connectivity index (χ0v) is 14.9. The smallest absolute Gasteiger partial charge is 0.320 e. The van der Waals surface area contributed by atoms with Crippen LogP contribution in [0, 0.1) is 0 Å². The van der Waals surface area contributed by atoms with E-state index < -0.39 is 0 Å². The first kappa shape index (κ1) is 15.5. The normalized spacial score (nSPS) is 13.8. The number of urea groups is 1. The first-order chi connectivity index (χ1) is 11.7. The lowest BCUT2D eigenvalue weighted by atomic mass is 10.0. The predicted molar refractivity (Wildman–Crippen MR) is 101 cm³/mol. The van der Waals surface area contributed by atoms with Crippen molar-refractivity contribution in [3.8, 4) is 0 Å². The summed E-state index contributed by atoms with van der Waals surface area (Å²) < 4.78 is 2.14. The van der Waals surface area contributed by atoms with Crippen LogP contribution in [0.25, 0.3) is 10.2 Å². The van der Waals surface area contributed by atoms with Crippen molar-refractivity contribution in [1.82, 2.24) is 9.88 Å². The van der Waals surface area contributed by atoms with E-state index in [0.717, 1.165) is 33.2 Å². The minimum absolute atomic E-state index is 0.0431. The van der Waals surface area contributed by atoms with Gasteiger partial charge in [-0.15, -0.1) is 11.3 Å². The van der Waals surface area contributed by atoms with Gasteiger partial charge in [-0.1, -0.05) is 36.0 Å². The van der Waals surface area contributed by atoms with E-state index in [0.29, 0.717) is 6.54 Å². The van der Waals surface area contributed by atoms with Crippen molar-refractivity contribution in [3.05, 3.63) is 53.6 Å². The van der Waals surface area contributed by atoms with Gasteiger partial charge in [0.05, 0.1) is 10.2 Å². The molecule has 1 aromatic heterocycles. The molecule has 24 heavy (non-hydrogen) atoms. The van der Waals surface area contributed by atoms with Crippen molar-refractivity contribution in [2.45, 2.75) is 17.3 Å². The Hall–Kier alpha value is -2.05. The summed E-state index contributed by atoms with van der Waals surface area (Å²) in [5.74, 6) is 0. The summed E-state index contributed by atoms with van der Waals surface area (Å²) in [7, 11) is 0. The van der Waals surface area contributed by atoms with Gasteiger partial charge < -0.3 is 10.2 Å². The summed E-state index contributed by atoms with van der Waals surface area (Å²) in [4.78, 5) is 19.0. The minimum atomic E-state index is -0.0431. The molecule has 0 saturated carbocycles. The Labute approximate surface area is 148 Å². The molecule has 0 saturated heterocycles. The molecule has 1 N–H and O–H groups in total. The molecule has 4 nitrogen and oxygen atoms in total. The Bertz CT molecular complexity index is 906. The number of fused-ring (bicyclic) bond motifs is 2. The molecule has 2 aromatic carbocycles. The highest BCUT2D eigenvalue weighted by molar-refractivity contribution is 8.00. The first-order valence-electron chi connectivity index (χ1n) is 7.80. The predicted octanol–water partition coefficient (Wildman–Crippen LogP) is 4.61. The molecule has 0 radical (unpaired) electrons. The second-order valence-electron chi connectivity index (χ2n) is 5.74. The number of benzene rings is 2. The number of rotatable bonds is 2. The topological polar surface area (TPSA) is 45.2 Å². The monoisotopic (exact) mass is 355 g/mol. The van der Waals surface area contributed by atoms with Crippen molar-refractivity contribution >= 4 is 45.0 Å². The molecule has 122 valence electrons. The van der Waals surface area contributed by atoms with Crippen molar-refractivity contribution in [3.63, 3.8) is 0 Å². The maximum atomic E-state index is 12.6. The molecule has 1 aliphatic rings. The van der Waals surface area contributed by atoms with E-state index in [-0.39, 0.29) is 6.03 Å². The third-order valence-corrected chi connectivity index (χ3v) is 6.22. The van der Waals surface area contributed by atoms with Crippen LogP contribution in [-0.2, 0) is 13.0 Å². The largest absolute Gasteiger partial charge is 0.322 e. The lowest BCUT2D eigenvalue weighted by Crippen LogP contribution is -2.38. The molecule has 4 rings (SSSR count). The first-order valence-corrected chi connectivity index (χ1v) is 9.84. The lowest BCUT2D eigenvalue weighted by Gasteiger charge is -2.28. The standard InChI is InChI=1S/C18H17N3OS2/c1-23-18-20-15-7-6-14(10-16(15)24-18)19-17(22)21-9-8-12-4-2-3-5-13(12)11-21/h2-7,10H,8-9,11H2,1H3,(H,19,22). The molecule has 0 fully saturated rings. The number of nitrogens with zero attached hydrogens (tertiary/aromatic N) is 2. The van der Waals surface area contributed by atoms with E-state index in [2.05, 4.69) is 28.5 Å². The quantitative estimate of drug-likeness (QED) is 0.683. The number of thiazole rings is 1. The van der Waals surface area contributed by atoms with E-state index in [1.807, 2.05) is 35.4 Å². The lowest BCUT2D eigenvalue weighted by molar-refractivity contribution is 0.206. The Morgan fingerprint density at radius 3 is 2.92 bits per heavy atom. The van der Waals surface area contributed by atoms with Gasteiger partial charge >= 0.3 is 6.03 Å². The number of hydrogen-bond acceptors (Lipinski definition) is 4. The van der Waals surface area contributed by atoms with Crippen molar-refractivity contribution in [2.24, 2.45) is 0 Å². The molecule has 3 aromatic rings. The molecule has 2 amide bonds. The molecule has 0 unspecified atom stereocenters. The SMILES string of the molecule is CSc1nc2ccc(NC(=O)N3CCc4ccccc4C3)cc2s1. The zero-order valence-electron chi connectivity index (χ0n) is 13.3. The molecule has 0 spiro atoms. The maximum Gasteiger partial charge on any atom is 0.322 e. The van der Waals surface area contributed by atoms with Crippen LogP contribution >= 0.6 is 23.1 Å². The third kappa shape index (κ3) is 2.99. The molecular formula is C18H17N3OS2. The molecule has 2 heterocycles. The van der Waals surface area contributed by atoms with Crippen LogP contribution in [-0.4, -0.2) is 28.7 Å². The summed E-state index contributed by atoms with van der Waals surface area (Å²) >= 11 is 3.29. The van der Waals surface area contributed by atoms with E-state index in [1.54, 1.807) is 23.1 Å². The third-order valence-electron chi connectivity index (χ3n) is 4.21. The van der Waals surface area contributed by atoms with Gasteiger partial charge in [-0.05, 0) is 42.0 Å². The highest BCUT2D eigenvalue weighted by Crippen LogP contribution is 2.30. The molecular weight excluding hydrogens is 338 g/mol. The van der Waals surface area contributed by atoms with Crippen LogP contribution in [0.1, 0.15) is 11.1 Å². The summed E-state index contributed by atoms with van der Waals surface area (Å²) in [5.41, 5.74) is 4.38. The highest BCUT2D eigenvalue weighted by atomic mass is 32.2. The summed E-state index contributed by atoms with van der Waals surface area (Å²) in [6, 6.07) is 14.2. The van der Waals surface area contributed by atoms with E-state index in [9.17, 15) is 4.79 Å². The number of aromatic nitrogens is 1. The van der Waals surface area contributed by atoms with Gasteiger partial charge in [0.1, 0.15) is 0 Å². The molecule has 0 aliphatic carbocycles. The second-order valence-corrected chi connectivity index (χ2v) is 7.82. The summed E-state index contributed by atoms with van der Waals surface area (Å²) in [6.45, 7) is 1.42. The molecule has 0 bridgehead atoms. The summed E-state index contributed by atoms with van der Waals surface area (Å²) in [6.07, 6.45) is 2.93. The number of thioether (sulfide) groups is 1. The molecule has 0 atom stereocenters. The Kier molecular flexibility index (Phi) is 4.16. The van der Waals surface area contributed by atoms with Crippen molar-refractivity contribution in [1.29, 1.82) is 0 Å². The molecule has 1 aliphatic heterocycles. The van der Waals surface area contributed by atoms with Gasteiger partial charge in [0.2, 0.25) is 0 Å². The second kappa shape index (κ2) is 6.45. The van der Waals surface area contributed by atoms with Gasteiger partial charge in [0, 0.05) is 18.8 Å².